The molecule has 0 N–H and O–H groups in total. The Morgan fingerprint density at radius 3 is 2.67 bits per heavy atom. The zero-order chi connectivity index (χ0) is 16.5. The molecule has 1 aromatic heterocycles. The first kappa shape index (κ1) is 16.1. The molecule has 132 valence electrons. The molecule has 0 spiro atoms. The molecule has 2 saturated heterocycles. The number of amides is 1. The number of aromatic nitrogens is 2. The van der Waals surface area contributed by atoms with Crippen molar-refractivity contribution >= 4 is 5.91 Å². The molecule has 6 nitrogen and oxygen atoms in total. The molecule has 0 unspecified atom stereocenters. The fourth-order valence-corrected chi connectivity index (χ4v) is 3.97. The number of ether oxygens (including phenoxy) is 1. The van der Waals surface area contributed by atoms with Gasteiger partial charge >= 0.3 is 0 Å². The minimum absolute atomic E-state index is 0.129. The van der Waals surface area contributed by atoms with E-state index in [-0.39, 0.29) is 5.91 Å². The summed E-state index contributed by atoms with van der Waals surface area (Å²) in [6.45, 7) is 7.46. The highest BCUT2D eigenvalue weighted by atomic mass is 16.5. The number of carbonyl (C=O) groups excluding carboxylic acids is 1. The van der Waals surface area contributed by atoms with Crippen LogP contribution >= 0.6 is 0 Å². The first-order valence-corrected chi connectivity index (χ1v) is 9.41. The summed E-state index contributed by atoms with van der Waals surface area (Å²) in [7, 11) is 0. The van der Waals surface area contributed by atoms with E-state index in [0.717, 1.165) is 57.3 Å². The topological polar surface area (TPSA) is 50.6 Å². The average molecular weight is 332 g/mol. The third-order valence-corrected chi connectivity index (χ3v) is 5.68. The van der Waals surface area contributed by atoms with E-state index in [9.17, 15) is 4.79 Å². The van der Waals surface area contributed by atoms with Crippen LogP contribution in [0.1, 0.15) is 43.1 Å². The number of nitrogens with zero attached hydrogens (tertiary/aromatic N) is 4. The number of hydrogen-bond donors (Lipinski definition) is 0. The van der Waals surface area contributed by atoms with E-state index in [1.807, 2.05) is 17.9 Å². The second-order valence-electron chi connectivity index (χ2n) is 7.38. The summed E-state index contributed by atoms with van der Waals surface area (Å²) in [6, 6.07) is 3.00. The van der Waals surface area contributed by atoms with Crippen LogP contribution in [0.15, 0.2) is 12.3 Å². The van der Waals surface area contributed by atoms with Crippen LogP contribution in [0.3, 0.4) is 0 Å². The molecule has 24 heavy (non-hydrogen) atoms. The summed E-state index contributed by atoms with van der Waals surface area (Å²) >= 11 is 0. The molecular formula is C18H28N4O2. The zero-order valence-electron chi connectivity index (χ0n) is 14.6. The zero-order valence-corrected chi connectivity index (χ0v) is 14.6. The lowest BCUT2D eigenvalue weighted by atomic mass is 9.99. The normalized spacial score (nSPS) is 22.8. The quantitative estimate of drug-likeness (QED) is 0.794. The smallest absolute Gasteiger partial charge is 0.272 e. The van der Waals surface area contributed by atoms with Gasteiger partial charge in [0, 0.05) is 57.7 Å². The SMILES string of the molecule is CCn1nccc1C(=O)N1CC(N(CC2CC2)C2CCOCC2)C1. The molecule has 0 radical (unpaired) electrons. The van der Waals surface area contributed by atoms with Crippen molar-refractivity contribution in [3.63, 3.8) is 0 Å². The van der Waals surface area contributed by atoms with Crippen molar-refractivity contribution in [1.82, 2.24) is 19.6 Å². The summed E-state index contributed by atoms with van der Waals surface area (Å²) in [5.74, 6) is 1.02. The molecule has 3 aliphatic rings. The molecule has 0 bridgehead atoms. The Balaban J connectivity index is 1.37. The molecular weight excluding hydrogens is 304 g/mol. The van der Waals surface area contributed by atoms with Crippen LogP contribution in [0.5, 0.6) is 0 Å². The highest BCUT2D eigenvalue weighted by Crippen LogP contribution is 2.34. The van der Waals surface area contributed by atoms with Gasteiger partial charge in [0.05, 0.1) is 0 Å². The fourth-order valence-electron chi connectivity index (χ4n) is 3.97. The minimum Gasteiger partial charge on any atom is -0.381 e. The highest BCUT2D eigenvalue weighted by Gasteiger charge is 2.41. The molecule has 1 saturated carbocycles. The number of rotatable bonds is 6. The molecule has 1 aromatic rings. The Bertz CT molecular complexity index is 571. The van der Waals surface area contributed by atoms with Crippen molar-refractivity contribution < 1.29 is 9.53 Å². The van der Waals surface area contributed by atoms with Gasteiger partial charge in [-0.3, -0.25) is 14.4 Å². The lowest BCUT2D eigenvalue weighted by Crippen LogP contribution is -2.64. The first-order valence-electron chi connectivity index (χ1n) is 9.41. The molecule has 3 heterocycles. The molecule has 1 amide bonds. The molecule has 2 aliphatic heterocycles. The van der Waals surface area contributed by atoms with E-state index in [1.54, 1.807) is 10.9 Å². The summed E-state index contributed by atoms with van der Waals surface area (Å²) in [6.07, 6.45) is 6.75. The van der Waals surface area contributed by atoms with Gasteiger partial charge in [-0.05, 0) is 44.6 Å². The number of likely N-dealkylation sites (tertiary alicyclic amines) is 1. The Kier molecular flexibility index (Phi) is 4.59. The lowest BCUT2D eigenvalue weighted by Gasteiger charge is -2.49. The van der Waals surface area contributed by atoms with Crippen LogP contribution in [0, 0.1) is 5.92 Å². The van der Waals surface area contributed by atoms with Crippen molar-refractivity contribution in [2.45, 2.75) is 51.2 Å². The second kappa shape index (κ2) is 6.84. The van der Waals surface area contributed by atoms with E-state index < -0.39 is 0 Å². The van der Waals surface area contributed by atoms with Gasteiger partial charge in [0.15, 0.2) is 0 Å². The van der Waals surface area contributed by atoms with E-state index in [4.69, 9.17) is 4.74 Å². The van der Waals surface area contributed by atoms with E-state index in [0.29, 0.717) is 12.1 Å². The number of carbonyl (C=O) groups is 1. The van der Waals surface area contributed by atoms with E-state index in [1.165, 1.54) is 19.4 Å². The van der Waals surface area contributed by atoms with Gasteiger partial charge in [0.25, 0.3) is 5.91 Å². The van der Waals surface area contributed by atoms with Crippen LogP contribution in [0.2, 0.25) is 0 Å². The Morgan fingerprint density at radius 2 is 2.00 bits per heavy atom. The molecule has 3 fully saturated rings. The highest BCUT2D eigenvalue weighted by molar-refractivity contribution is 5.93. The van der Waals surface area contributed by atoms with Crippen molar-refractivity contribution in [3.8, 4) is 0 Å². The Morgan fingerprint density at radius 1 is 1.25 bits per heavy atom. The maximum atomic E-state index is 12.7. The van der Waals surface area contributed by atoms with Crippen molar-refractivity contribution in [1.29, 1.82) is 0 Å². The van der Waals surface area contributed by atoms with E-state index in [2.05, 4.69) is 10.00 Å². The second-order valence-corrected chi connectivity index (χ2v) is 7.38. The summed E-state index contributed by atoms with van der Waals surface area (Å²) < 4.78 is 7.32. The molecule has 0 aromatic carbocycles. The number of hydrogen-bond acceptors (Lipinski definition) is 4. The van der Waals surface area contributed by atoms with Crippen LogP contribution in [-0.2, 0) is 11.3 Å². The van der Waals surface area contributed by atoms with Crippen LogP contribution in [0.25, 0.3) is 0 Å². The molecule has 0 atom stereocenters. The van der Waals surface area contributed by atoms with Gasteiger partial charge in [-0.2, -0.15) is 5.10 Å². The first-order chi connectivity index (χ1) is 11.8. The van der Waals surface area contributed by atoms with Gasteiger partial charge in [-0.25, -0.2) is 0 Å². The van der Waals surface area contributed by atoms with Crippen LogP contribution < -0.4 is 0 Å². The van der Waals surface area contributed by atoms with Crippen LogP contribution in [0.4, 0.5) is 0 Å². The van der Waals surface area contributed by atoms with Crippen LogP contribution in [-0.4, -0.2) is 70.4 Å². The summed E-state index contributed by atoms with van der Waals surface area (Å²) in [5.41, 5.74) is 0.718. The van der Waals surface area contributed by atoms with Gasteiger partial charge in [0.1, 0.15) is 5.69 Å². The molecule has 6 heteroatoms. The predicted molar refractivity (Wildman–Crippen MR) is 90.9 cm³/mol. The van der Waals surface area contributed by atoms with Crippen molar-refractivity contribution in [3.05, 3.63) is 18.0 Å². The van der Waals surface area contributed by atoms with Crippen molar-refractivity contribution in [2.75, 3.05) is 32.8 Å². The predicted octanol–water partition coefficient (Wildman–Crippen LogP) is 1.62. The van der Waals surface area contributed by atoms with E-state index >= 15 is 0 Å². The third-order valence-electron chi connectivity index (χ3n) is 5.68. The van der Waals surface area contributed by atoms with Gasteiger partial charge in [-0.15, -0.1) is 0 Å². The fraction of sp³-hybridized carbons (Fsp3) is 0.778. The van der Waals surface area contributed by atoms with Gasteiger partial charge in [-0.1, -0.05) is 0 Å². The lowest BCUT2D eigenvalue weighted by molar-refractivity contribution is -0.0270. The summed E-state index contributed by atoms with van der Waals surface area (Å²) in [4.78, 5) is 17.3. The monoisotopic (exact) mass is 332 g/mol. The number of aryl methyl sites for hydroxylation is 1. The standard InChI is InChI=1S/C18H28N4O2/c1-2-22-17(5-8-19-22)18(23)20-12-16(13-20)21(11-14-3-4-14)15-6-9-24-10-7-15/h5,8,14-16H,2-4,6-7,9-13H2,1H3. The maximum Gasteiger partial charge on any atom is 0.272 e. The van der Waals surface area contributed by atoms with Crippen molar-refractivity contribution in [2.24, 2.45) is 5.92 Å². The van der Waals surface area contributed by atoms with Gasteiger partial charge < -0.3 is 9.64 Å². The third kappa shape index (κ3) is 3.22. The molecule has 1 aliphatic carbocycles. The Labute approximate surface area is 143 Å². The average Bonchev–Trinajstić information content (AvgIpc) is 3.26. The maximum absolute atomic E-state index is 12.7. The molecule has 4 rings (SSSR count). The Hall–Kier alpha value is -1.40. The van der Waals surface area contributed by atoms with Gasteiger partial charge in [0.2, 0.25) is 0 Å². The minimum atomic E-state index is 0.129. The largest absolute Gasteiger partial charge is 0.381 e. The summed E-state index contributed by atoms with van der Waals surface area (Å²) in [5, 5.41) is 4.22.